The molecule has 6 aromatic rings. The van der Waals surface area contributed by atoms with Gasteiger partial charge >= 0.3 is 0 Å². The number of fused-ring (bicyclic) bond motifs is 6. The summed E-state index contributed by atoms with van der Waals surface area (Å²) in [6.45, 7) is 19.3. The lowest BCUT2D eigenvalue weighted by Gasteiger charge is -2.33. The number of anilines is 2. The molecule has 4 aromatic carbocycles. The van der Waals surface area contributed by atoms with Crippen molar-refractivity contribution in [1.29, 1.82) is 0 Å². The molecule has 2 amide bonds. The van der Waals surface area contributed by atoms with Crippen LogP contribution < -0.4 is 15.5 Å². The number of Topliss-reactive ketones (excluding diaryl/α,β-unsaturated/α-hetero) is 1. The SMILES string of the molecule is Cc1nc2c(o1)-c1ccccc1N(C(=O)c1ccc(CCC(=O)C3CCN(CCC(C)(C)C)CC3)c(C)c1)CC2.Cc1nc2c(o1)-c1ccccc1N(C(=O)c1ccc(CN)c(C)c1)CC2.Cl. The van der Waals surface area contributed by atoms with Gasteiger partial charge in [-0.1, -0.05) is 57.2 Å². The van der Waals surface area contributed by atoms with Gasteiger partial charge < -0.3 is 29.3 Å². The van der Waals surface area contributed by atoms with Crippen LogP contribution in [0.4, 0.5) is 11.4 Å². The first kappa shape index (κ1) is 49.0. The summed E-state index contributed by atoms with van der Waals surface area (Å²) in [5.74, 6) is 3.34. The molecule has 0 saturated carbocycles. The van der Waals surface area contributed by atoms with Gasteiger partial charge in [-0.3, -0.25) is 14.4 Å². The molecule has 0 spiro atoms. The Hall–Kier alpha value is -5.88. The predicted octanol–water partition coefficient (Wildman–Crippen LogP) is 10.9. The fourth-order valence-corrected chi connectivity index (χ4v) is 9.51. The van der Waals surface area contributed by atoms with Gasteiger partial charge in [0.25, 0.3) is 11.8 Å². The van der Waals surface area contributed by atoms with Crippen LogP contribution in [0.25, 0.3) is 22.6 Å². The van der Waals surface area contributed by atoms with Crippen LogP contribution in [0, 0.1) is 39.0 Å². The van der Waals surface area contributed by atoms with Gasteiger partial charge in [0, 0.05) is 80.9 Å². The summed E-state index contributed by atoms with van der Waals surface area (Å²) in [7, 11) is 0. The Morgan fingerprint density at radius 2 is 1.15 bits per heavy atom. The monoisotopic (exact) mass is 924 g/mol. The van der Waals surface area contributed by atoms with Crippen molar-refractivity contribution in [2.24, 2.45) is 17.1 Å². The van der Waals surface area contributed by atoms with Crippen LogP contribution in [-0.4, -0.2) is 65.2 Å². The highest BCUT2D eigenvalue weighted by Crippen LogP contribution is 2.39. The summed E-state index contributed by atoms with van der Waals surface area (Å²) in [5, 5.41) is 0. The van der Waals surface area contributed by atoms with Crippen molar-refractivity contribution in [1.82, 2.24) is 14.9 Å². The van der Waals surface area contributed by atoms with Crippen molar-refractivity contribution in [2.45, 2.75) is 100.0 Å². The summed E-state index contributed by atoms with van der Waals surface area (Å²) >= 11 is 0. The minimum atomic E-state index is -0.0294. The molecule has 1 saturated heterocycles. The Labute approximate surface area is 401 Å². The third kappa shape index (κ3) is 11.1. The van der Waals surface area contributed by atoms with Crippen LogP contribution in [0.2, 0.25) is 0 Å². The summed E-state index contributed by atoms with van der Waals surface area (Å²) < 4.78 is 11.8. The summed E-state index contributed by atoms with van der Waals surface area (Å²) in [5.41, 5.74) is 17.0. The topological polar surface area (TPSA) is 139 Å². The molecule has 0 aliphatic carbocycles. The van der Waals surface area contributed by atoms with E-state index in [4.69, 9.17) is 14.6 Å². The molecule has 2 N–H and O–H groups in total. The first-order valence-corrected chi connectivity index (χ1v) is 23.6. The number of nitrogens with zero attached hydrogens (tertiary/aromatic N) is 5. The van der Waals surface area contributed by atoms with Crippen molar-refractivity contribution in [3.63, 3.8) is 0 Å². The lowest BCUT2D eigenvalue weighted by Crippen LogP contribution is -2.38. The second-order valence-corrected chi connectivity index (χ2v) is 19.3. The number of para-hydroxylation sites is 2. The molecule has 9 rings (SSSR count). The molecular formula is C55H65ClN6O5. The molecule has 0 atom stereocenters. The second kappa shape index (κ2) is 21.0. The zero-order valence-corrected chi connectivity index (χ0v) is 40.9. The zero-order valence-electron chi connectivity index (χ0n) is 40.1. The largest absolute Gasteiger partial charge is 0.441 e. The van der Waals surface area contributed by atoms with E-state index in [1.54, 1.807) is 0 Å². The van der Waals surface area contributed by atoms with Gasteiger partial charge in [0.15, 0.2) is 23.3 Å². The van der Waals surface area contributed by atoms with E-state index in [2.05, 4.69) is 35.6 Å². The lowest BCUT2D eigenvalue weighted by atomic mass is 9.87. The highest BCUT2D eigenvalue weighted by Gasteiger charge is 2.31. The van der Waals surface area contributed by atoms with Gasteiger partial charge in [0.2, 0.25) is 0 Å². The molecule has 67 heavy (non-hydrogen) atoms. The number of aryl methyl sites for hydroxylation is 5. The molecule has 352 valence electrons. The molecule has 1 fully saturated rings. The maximum Gasteiger partial charge on any atom is 0.258 e. The van der Waals surface area contributed by atoms with Gasteiger partial charge in [0.05, 0.1) is 22.8 Å². The Kier molecular flexibility index (Phi) is 15.3. The number of carbonyl (C=O) groups is 3. The molecule has 0 unspecified atom stereocenters. The van der Waals surface area contributed by atoms with Gasteiger partial charge in [-0.15, -0.1) is 12.4 Å². The highest BCUT2D eigenvalue weighted by atomic mass is 35.5. The van der Waals surface area contributed by atoms with Crippen molar-refractivity contribution in [3.8, 4) is 22.6 Å². The minimum absolute atomic E-state index is 0. The molecule has 5 heterocycles. The first-order chi connectivity index (χ1) is 31.7. The van der Waals surface area contributed by atoms with Crippen LogP contribution >= 0.6 is 12.4 Å². The number of hydrogen-bond donors (Lipinski definition) is 1. The summed E-state index contributed by atoms with van der Waals surface area (Å²) in [4.78, 5) is 55.3. The van der Waals surface area contributed by atoms with Crippen molar-refractivity contribution < 1.29 is 23.2 Å². The average Bonchev–Trinajstić information content (AvgIpc) is 3.79. The first-order valence-electron chi connectivity index (χ1n) is 23.6. The number of piperidine rings is 1. The van der Waals surface area contributed by atoms with Crippen LogP contribution in [-0.2, 0) is 30.6 Å². The van der Waals surface area contributed by atoms with E-state index in [9.17, 15) is 14.4 Å². The Balaban J connectivity index is 0.000000213. The molecule has 12 heteroatoms. The second-order valence-electron chi connectivity index (χ2n) is 19.3. The van der Waals surface area contributed by atoms with E-state index in [-0.39, 0.29) is 30.1 Å². The Bertz CT molecular complexity index is 2740. The molecule has 0 radical (unpaired) electrons. The fourth-order valence-electron chi connectivity index (χ4n) is 9.51. The Morgan fingerprint density at radius 3 is 1.61 bits per heavy atom. The van der Waals surface area contributed by atoms with E-state index < -0.39 is 0 Å². The molecule has 0 bridgehead atoms. The predicted molar refractivity (Wildman–Crippen MR) is 268 cm³/mol. The van der Waals surface area contributed by atoms with E-state index >= 15 is 0 Å². The number of hydrogen-bond acceptors (Lipinski definition) is 9. The van der Waals surface area contributed by atoms with Crippen LogP contribution in [0.5, 0.6) is 0 Å². The molecule has 11 nitrogen and oxygen atoms in total. The van der Waals surface area contributed by atoms with Crippen LogP contribution in [0.1, 0.15) is 113 Å². The number of benzene rings is 4. The number of amides is 2. The molecular weight excluding hydrogens is 860 g/mol. The molecule has 2 aromatic heterocycles. The zero-order chi connectivity index (χ0) is 46.7. The van der Waals surface area contributed by atoms with Crippen molar-refractivity contribution in [2.75, 3.05) is 42.5 Å². The number of oxazole rings is 2. The van der Waals surface area contributed by atoms with Crippen LogP contribution in [0.3, 0.4) is 0 Å². The average molecular weight is 926 g/mol. The summed E-state index contributed by atoms with van der Waals surface area (Å²) in [6.07, 6.45) is 5.73. The van der Waals surface area contributed by atoms with E-state index in [1.165, 1.54) is 6.42 Å². The standard InChI is InChI=1S/C34H43N3O3.C21H21N3O2.ClH/c1-23-22-27(33(39)37-20-16-29-32(40-24(2)35-29)28-8-6-7-9-30(28)37)11-10-25(23)12-13-31(38)26-14-18-36(19-15-26)21-17-34(3,4)5;1-13-11-15(7-8-16(13)12-22)21(25)24-10-9-18-20(26-14(2)23-18)17-5-3-4-6-19(17)24;/h6-11,22,26H,12-21H2,1-5H3;3-8,11H,9-10,12,22H2,1-2H3;1H. The molecule has 3 aliphatic heterocycles. The van der Waals surface area contributed by atoms with Crippen molar-refractivity contribution in [3.05, 3.63) is 141 Å². The number of nitrogens with two attached hydrogens (primary N) is 1. The number of ketones is 1. The normalized spacial score (nSPS) is 14.9. The van der Waals surface area contributed by atoms with E-state index in [0.29, 0.717) is 73.0 Å². The van der Waals surface area contributed by atoms with E-state index in [0.717, 1.165) is 107 Å². The number of halogens is 1. The fraction of sp³-hybridized carbons (Fsp3) is 0.400. The number of carbonyl (C=O) groups excluding carboxylic acids is 3. The van der Waals surface area contributed by atoms with Gasteiger partial charge in [-0.05, 0) is 135 Å². The number of aromatic nitrogens is 2. The number of rotatable bonds is 9. The molecule has 3 aliphatic rings. The third-order valence-corrected chi connectivity index (χ3v) is 13.4. The van der Waals surface area contributed by atoms with Gasteiger partial charge in [0.1, 0.15) is 5.78 Å². The maximum absolute atomic E-state index is 13.7. The quantitative estimate of drug-likeness (QED) is 0.150. The van der Waals surface area contributed by atoms with Crippen molar-refractivity contribution >= 4 is 41.4 Å². The summed E-state index contributed by atoms with van der Waals surface area (Å²) in [6, 6.07) is 27.3. The number of likely N-dealkylation sites (tertiary alicyclic amines) is 1. The Morgan fingerprint density at radius 1 is 0.672 bits per heavy atom. The van der Waals surface area contributed by atoms with Gasteiger partial charge in [-0.2, -0.15) is 0 Å². The van der Waals surface area contributed by atoms with Gasteiger partial charge in [-0.25, -0.2) is 9.97 Å². The lowest BCUT2D eigenvalue weighted by molar-refractivity contribution is -0.124. The third-order valence-electron chi connectivity index (χ3n) is 13.4. The highest BCUT2D eigenvalue weighted by molar-refractivity contribution is 6.09. The smallest absolute Gasteiger partial charge is 0.258 e. The maximum atomic E-state index is 13.7. The van der Waals surface area contributed by atoms with Crippen LogP contribution in [0.15, 0.2) is 93.8 Å². The van der Waals surface area contributed by atoms with E-state index in [1.807, 2.05) is 122 Å². The minimum Gasteiger partial charge on any atom is -0.441 e.